The Hall–Kier alpha value is -4.21. The van der Waals surface area contributed by atoms with Crippen molar-refractivity contribution in [2.45, 2.75) is 20.3 Å². The molecule has 1 aliphatic rings. The molecule has 0 radical (unpaired) electrons. The molecule has 33 heavy (non-hydrogen) atoms. The van der Waals surface area contributed by atoms with Gasteiger partial charge in [0, 0.05) is 11.9 Å². The molecule has 1 aliphatic heterocycles. The van der Waals surface area contributed by atoms with Crippen molar-refractivity contribution in [2.75, 3.05) is 19.8 Å². The first-order valence-corrected chi connectivity index (χ1v) is 10.4. The van der Waals surface area contributed by atoms with Gasteiger partial charge in [0.2, 0.25) is 0 Å². The number of rotatable bonds is 8. The number of aromatic nitrogens is 1. The molecule has 0 spiro atoms. The molecular formula is C23H21N3O7. The third-order valence-corrected chi connectivity index (χ3v) is 5.42. The van der Waals surface area contributed by atoms with Gasteiger partial charge < -0.3 is 14.5 Å². The highest BCUT2D eigenvalue weighted by Crippen LogP contribution is 2.35. The molecule has 1 N–H and O–H groups in total. The van der Waals surface area contributed by atoms with E-state index < -0.39 is 22.7 Å². The van der Waals surface area contributed by atoms with E-state index in [-0.39, 0.29) is 42.2 Å². The van der Waals surface area contributed by atoms with Crippen LogP contribution in [0.5, 0.6) is 5.75 Å². The van der Waals surface area contributed by atoms with Crippen LogP contribution in [-0.2, 0) is 11.2 Å². The number of nitro groups is 1. The zero-order valence-electron chi connectivity index (χ0n) is 18.0. The van der Waals surface area contributed by atoms with Crippen LogP contribution in [0.4, 0.5) is 5.69 Å². The second-order valence-electron chi connectivity index (χ2n) is 7.31. The van der Waals surface area contributed by atoms with Crippen LogP contribution in [0.2, 0.25) is 0 Å². The first-order chi connectivity index (χ1) is 15.9. The van der Waals surface area contributed by atoms with Crippen molar-refractivity contribution in [3.8, 4) is 5.75 Å². The maximum absolute atomic E-state index is 12.7. The Kier molecular flexibility index (Phi) is 5.82. The van der Waals surface area contributed by atoms with E-state index in [9.17, 15) is 24.5 Å². The Labute approximate surface area is 188 Å². The topological polar surface area (TPSA) is 132 Å². The Balaban J connectivity index is 1.77. The number of H-pyrrole nitrogens is 1. The number of carbonyl (C=O) groups excluding carboxylic acids is 3. The van der Waals surface area contributed by atoms with Crippen molar-refractivity contribution < 1.29 is 28.8 Å². The average Bonchev–Trinajstić information content (AvgIpc) is 3.28. The van der Waals surface area contributed by atoms with Gasteiger partial charge in [-0.2, -0.15) is 0 Å². The molecule has 0 unspecified atom stereocenters. The number of fused-ring (bicyclic) bond motifs is 2. The van der Waals surface area contributed by atoms with Gasteiger partial charge in [0.15, 0.2) is 0 Å². The minimum absolute atomic E-state index is 0.0155. The first-order valence-electron chi connectivity index (χ1n) is 10.4. The van der Waals surface area contributed by atoms with Crippen molar-refractivity contribution >= 4 is 34.4 Å². The summed E-state index contributed by atoms with van der Waals surface area (Å²) < 4.78 is 10.6. The third kappa shape index (κ3) is 3.79. The minimum Gasteiger partial charge on any atom is -0.494 e. The van der Waals surface area contributed by atoms with Crippen LogP contribution < -0.4 is 4.74 Å². The monoisotopic (exact) mass is 451 g/mol. The molecule has 0 bridgehead atoms. The lowest BCUT2D eigenvalue weighted by Crippen LogP contribution is -2.32. The highest BCUT2D eigenvalue weighted by Gasteiger charge is 2.35. The van der Waals surface area contributed by atoms with E-state index in [1.807, 2.05) is 0 Å². The fourth-order valence-corrected chi connectivity index (χ4v) is 4.00. The van der Waals surface area contributed by atoms with E-state index >= 15 is 0 Å². The standard InChI is InChI=1S/C23H21N3O7/c1-3-32-13-11-17-14(9-10-25-21(27)15-7-5-6-8-16(15)22(25)28)20(23(29)33-4-2)24-19(17)18(12-13)26(30)31/h5-8,11-12,24H,3-4,9-10H2,1-2H3. The number of non-ortho nitro benzene ring substituents is 1. The second kappa shape index (κ2) is 8.73. The number of amides is 2. The quantitative estimate of drug-likeness (QED) is 0.240. The number of imide groups is 1. The van der Waals surface area contributed by atoms with Crippen LogP contribution in [0, 0.1) is 10.1 Å². The molecule has 2 heterocycles. The summed E-state index contributed by atoms with van der Waals surface area (Å²) in [5.41, 5.74) is 0.977. The van der Waals surface area contributed by atoms with Crippen molar-refractivity contribution in [3.05, 3.63) is 68.9 Å². The summed E-state index contributed by atoms with van der Waals surface area (Å²) in [6, 6.07) is 9.42. The van der Waals surface area contributed by atoms with E-state index in [1.165, 1.54) is 6.07 Å². The maximum Gasteiger partial charge on any atom is 0.355 e. The van der Waals surface area contributed by atoms with Crippen LogP contribution in [0.15, 0.2) is 36.4 Å². The van der Waals surface area contributed by atoms with Crippen molar-refractivity contribution in [1.82, 2.24) is 9.88 Å². The number of nitrogens with one attached hydrogen (secondary N) is 1. The Bertz CT molecular complexity index is 1260. The van der Waals surface area contributed by atoms with Gasteiger partial charge in [0.05, 0.1) is 35.3 Å². The summed E-state index contributed by atoms with van der Waals surface area (Å²) in [6.07, 6.45) is 0.0896. The smallest absolute Gasteiger partial charge is 0.355 e. The van der Waals surface area contributed by atoms with Gasteiger partial charge in [-0.3, -0.25) is 24.6 Å². The van der Waals surface area contributed by atoms with Gasteiger partial charge in [-0.25, -0.2) is 4.79 Å². The number of carbonyl (C=O) groups is 3. The number of hydrogen-bond donors (Lipinski definition) is 1. The summed E-state index contributed by atoms with van der Waals surface area (Å²) in [5.74, 6) is -1.25. The molecule has 3 aromatic rings. The lowest BCUT2D eigenvalue weighted by molar-refractivity contribution is -0.383. The average molecular weight is 451 g/mol. The Morgan fingerprint density at radius 3 is 2.33 bits per heavy atom. The van der Waals surface area contributed by atoms with E-state index in [1.54, 1.807) is 44.2 Å². The Morgan fingerprint density at radius 2 is 1.76 bits per heavy atom. The van der Waals surface area contributed by atoms with Gasteiger partial charge in [0.1, 0.15) is 17.0 Å². The molecular weight excluding hydrogens is 430 g/mol. The second-order valence-corrected chi connectivity index (χ2v) is 7.31. The van der Waals surface area contributed by atoms with E-state index in [4.69, 9.17) is 9.47 Å². The third-order valence-electron chi connectivity index (χ3n) is 5.42. The number of benzene rings is 2. The maximum atomic E-state index is 12.7. The van der Waals surface area contributed by atoms with E-state index in [2.05, 4.69) is 4.98 Å². The number of esters is 1. The zero-order valence-corrected chi connectivity index (χ0v) is 18.0. The summed E-state index contributed by atoms with van der Waals surface area (Å²) in [6.45, 7) is 3.79. The molecule has 2 aromatic carbocycles. The van der Waals surface area contributed by atoms with Crippen molar-refractivity contribution in [3.63, 3.8) is 0 Å². The molecule has 10 heteroatoms. The highest BCUT2D eigenvalue weighted by molar-refractivity contribution is 6.21. The first kappa shape index (κ1) is 22.0. The van der Waals surface area contributed by atoms with E-state index in [0.717, 1.165) is 4.90 Å². The fourth-order valence-electron chi connectivity index (χ4n) is 4.00. The molecule has 1 aromatic heterocycles. The number of hydrogen-bond acceptors (Lipinski definition) is 7. The molecule has 0 fully saturated rings. The summed E-state index contributed by atoms with van der Waals surface area (Å²) in [4.78, 5) is 53.1. The number of aromatic amines is 1. The molecule has 170 valence electrons. The van der Waals surface area contributed by atoms with Gasteiger partial charge in [-0.05, 0) is 44.0 Å². The van der Waals surface area contributed by atoms with Gasteiger partial charge >= 0.3 is 5.97 Å². The molecule has 4 rings (SSSR count). The zero-order chi connectivity index (χ0) is 23.7. The minimum atomic E-state index is -0.682. The number of nitrogens with zero attached hydrogens (tertiary/aromatic N) is 2. The molecule has 0 atom stereocenters. The van der Waals surface area contributed by atoms with Crippen LogP contribution in [0.3, 0.4) is 0 Å². The van der Waals surface area contributed by atoms with Gasteiger partial charge in [-0.15, -0.1) is 0 Å². The molecule has 0 aliphatic carbocycles. The van der Waals surface area contributed by atoms with Crippen LogP contribution in [0.1, 0.15) is 50.6 Å². The van der Waals surface area contributed by atoms with Gasteiger partial charge in [-0.1, -0.05) is 12.1 Å². The highest BCUT2D eigenvalue weighted by atomic mass is 16.6. The summed E-state index contributed by atoms with van der Waals surface area (Å²) >= 11 is 0. The largest absolute Gasteiger partial charge is 0.494 e. The molecule has 10 nitrogen and oxygen atoms in total. The Morgan fingerprint density at radius 1 is 1.09 bits per heavy atom. The summed E-state index contributed by atoms with van der Waals surface area (Å²) in [5, 5.41) is 12.1. The SMILES string of the molecule is CCOC(=O)c1[nH]c2c([N+](=O)[O-])cc(OCC)cc2c1CCN1C(=O)c2ccccc2C1=O. The molecule has 2 amide bonds. The summed E-state index contributed by atoms with van der Waals surface area (Å²) in [7, 11) is 0. The van der Waals surface area contributed by atoms with Crippen LogP contribution in [-0.4, -0.2) is 52.3 Å². The number of nitro benzene ring substituents is 1. The lowest BCUT2D eigenvalue weighted by Gasteiger charge is -2.14. The predicted octanol–water partition coefficient (Wildman–Crippen LogP) is 3.49. The van der Waals surface area contributed by atoms with Crippen molar-refractivity contribution in [2.24, 2.45) is 0 Å². The van der Waals surface area contributed by atoms with Gasteiger partial charge in [0.25, 0.3) is 17.5 Å². The molecule has 0 saturated carbocycles. The fraction of sp³-hybridized carbons (Fsp3) is 0.261. The van der Waals surface area contributed by atoms with Crippen molar-refractivity contribution in [1.29, 1.82) is 0 Å². The number of ether oxygens (including phenoxy) is 2. The lowest BCUT2D eigenvalue weighted by atomic mass is 10.1. The molecule has 0 saturated heterocycles. The van der Waals surface area contributed by atoms with E-state index in [0.29, 0.717) is 28.7 Å². The van der Waals surface area contributed by atoms with Crippen LogP contribution >= 0.6 is 0 Å². The van der Waals surface area contributed by atoms with Crippen LogP contribution in [0.25, 0.3) is 10.9 Å². The predicted molar refractivity (Wildman–Crippen MR) is 118 cm³/mol. The normalized spacial score (nSPS) is 12.8.